The van der Waals surface area contributed by atoms with Gasteiger partial charge in [0.25, 0.3) is 0 Å². The number of aliphatic hydroxyl groups excluding tert-OH is 1. The van der Waals surface area contributed by atoms with Gasteiger partial charge in [-0.15, -0.1) is 11.8 Å². The number of hydrogen-bond donors (Lipinski definition) is 1. The molecular formula is C19H23N5OS. The molecule has 2 aromatic heterocycles. The summed E-state index contributed by atoms with van der Waals surface area (Å²) in [6.07, 6.45) is 2.75. The van der Waals surface area contributed by atoms with Crippen molar-refractivity contribution in [3.8, 4) is 0 Å². The molecule has 0 saturated heterocycles. The molecule has 26 heavy (non-hydrogen) atoms. The molecule has 0 amide bonds. The van der Waals surface area contributed by atoms with Crippen molar-refractivity contribution in [3.63, 3.8) is 0 Å². The first-order valence-electron chi connectivity index (χ1n) is 8.83. The van der Waals surface area contributed by atoms with Gasteiger partial charge in [0.05, 0.1) is 17.9 Å². The van der Waals surface area contributed by atoms with Gasteiger partial charge in [-0.25, -0.2) is 4.98 Å². The monoisotopic (exact) mass is 369 g/mol. The van der Waals surface area contributed by atoms with Crippen LogP contribution in [-0.2, 0) is 20.1 Å². The minimum atomic E-state index is -0.782. The van der Waals surface area contributed by atoms with E-state index in [2.05, 4.69) is 39.2 Å². The quantitative estimate of drug-likeness (QED) is 0.676. The number of hydrogen-bond acceptors (Lipinski definition) is 5. The Labute approximate surface area is 157 Å². The molecule has 0 bridgehead atoms. The van der Waals surface area contributed by atoms with Crippen molar-refractivity contribution in [1.82, 2.24) is 24.2 Å². The van der Waals surface area contributed by atoms with Crippen LogP contribution >= 0.6 is 11.8 Å². The fraction of sp³-hybridized carbons (Fsp3) is 0.368. The molecule has 0 spiro atoms. The van der Waals surface area contributed by atoms with Crippen molar-refractivity contribution in [2.24, 2.45) is 7.05 Å². The first kappa shape index (κ1) is 17.3. The first-order valence-corrected chi connectivity index (χ1v) is 9.81. The van der Waals surface area contributed by atoms with E-state index in [9.17, 15) is 5.11 Å². The van der Waals surface area contributed by atoms with E-state index in [1.807, 2.05) is 46.4 Å². The van der Waals surface area contributed by atoms with Crippen molar-refractivity contribution < 1.29 is 5.11 Å². The fourth-order valence-corrected chi connectivity index (χ4v) is 4.18. The topological polar surface area (TPSA) is 59.1 Å². The molecule has 1 aliphatic heterocycles. The highest BCUT2D eigenvalue weighted by Gasteiger charge is 2.23. The molecule has 0 radical (unpaired) electrons. The van der Waals surface area contributed by atoms with Gasteiger partial charge in [0.15, 0.2) is 6.10 Å². The predicted molar refractivity (Wildman–Crippen MR) is 102 cm³/mol. The number of nitrogens with zero attached hydrogens (tertiary/aromatic N) is 5. The molecule has 7 heteroatoms. The summed E-state index contributed by atoms with van der Waals surface area (Å²) in [5.41, 5.74) is 1.83. The molecule has 0 fully saturated rings. The molecular weight excluding hydrogens is 346 g/mol. The number of aromatic nitrogens is 4. The molecule has 1 atom stereocenters. The first-order chi connectivity index (χ1) is 12.7. The third kappa shape index (κ3) is 3.70. The minimum Gasteiger partial charge on any atom is -0.379 e. The summed E-state index contributed by atoms with van der Waals surface area (Å²) in [6, 6.07) is 12.5. The Kier molecular flexibility index (Phi) is 5.10. The van der Waals surface area contributed by atoms with E-state index in [1.54, 1.807) is 6.20 Å². The summed E-state index contributed by atoms with van der Waals surface area (Å²) in [5.74, 6) is 1.69. The number of fused-ring (bicyclic) bond motifs is 1. The van der Waals surface area contributed by atoms with Crippen LogP contribution in [0.25, 0.3) is 0 Å². The van der Waals surface area contributed by atoms with Crippen LogP contribution in [0.1, 0.15) is 23.3 Å². The van der Waals surface area contributed by atoms with Crippen molar-refractivity contribution in [1.29, 1.82) is 0 Å². The van der Waals surface area contributed by atoms with E-state index in [0.29, 0.717) is 11.5 Å². The van der Waals surface area contributed by atoms with E-state index in [1.165, 1.54) is 4.90 Å². The van der Waals surface area contributed by atoms with Crippen LogP contribution < -0.4 is 0 Å². The summed E-state index contributed by atoms with van der Waals surface area (Å²) in [7, 11) is 1.88. The maximum absolute atomic E-state index is 10.6. The number of aliphatic hydroxyl groups is 1. The van der Waals surface area contributed by atoms with E-state index in [0.717, 1.165) is 37.6 Å². The molecule has 0 aliphatic carbocycles. The van der Waals surface area contributed by atoms with E-state index >= 15 is 0 Å². The molecule has 4 rings (SSSR count). The van der Waals surface area contributed by atoms with Gasteiger partial charge in [0.1, 0.15) is 5.82 Å². The average Bonchev–Trinajstić information content (AvgIpc) is 3.28. The molecule has 3 heterocycles. The van der Waals surface area contributed by atoms with Crippen molar-refractivity contribution >= 4 is 11.8 Å². The number of aryl methyl sites for hydroxylation is 1. The Hall–Kier alpha value is -2.09. The lowest BCUT2D eigenvalue weighted by Crippen LogP contribution is -2.35. The summed E-state index contributed by atoms with van der Waals surface area (Å²) < 4.78 is 3.85. The Morgan fingerprint density at radius 1 is 1.23 bits per heavy atom. The molecule has 1 N–H and O–H groups in total. The molecule has 1 aromatic carbocycles. The lowest BCUT2D eigenvalue weighted by Gasteiger charge is -2.27. The zero-order valence-electron chi connectivity index (χ0n) is 14.8. The van der Waals surface area contributed by atoms with Gasteiger partial charge in [0, 0.05) is 49.7 Å². The number of thioether (sulfide) groups is 1. The maximum atomic E-state index is 10.6. The highest BCUT2D eigenvalue weighted by atomic mass is 32.2. The Morgan fingerprint density at radius 2 is 2.08 bits per heavy atom. The standard InChI is InChI=1S/C19H23N5OS/c1-22-8-7-20-19(22)18(25)17-13-15-14-23(9-10-24(15)21-17)11-12-26-16-5-3-2-4-6-16/h2-8,13,18,25H,9-12,14H2,1H3/t18-/m0/s1. The fourth-order valence-electron chi connectivity index (χ4n) is 3.25. The number of imidazole rings is 1. The zero-order valence-corrected chi connectivity index (χ0v) is 15.6. The van der Waals surface area contributed by atoms with Crippen LogP contribution in [0.2, 0.25) is 0 Å². The largest absolute Gasteiger partial charge is 0.379 e. The summed E-state index contributed by atoms with van der Waals surface area (Å²) in [4.78, 5) is 8.00. The zero-order chi connectivity index (χ0) is 17.9. The second-order valence-corrected chi connectivity index (χ2v) is 7.69. The van der Waals surface area contributed by atoms with Gasteiger partial charge in [0.2, 0.25) is 0 Å². The number of benzene rings is 1. The second-order valence-electron chi connectivity index (χ2n) is 6.52. The third-order valence-electron chi connectivity index (χ3n) is 4.70. The SMILES string of the molecule is Cn1ccnc1[C@@H](O)c1cc2n(n1)CCN(CCSc1ccccc1)C2. The van der Waals surface area contributed by atoms with Gasteiger partial charge >= 0.3 is 0 Å². The average molecular weight is 369 g/mol. The van der Waals surface area contributed by atoms with Crippen LogP contribution in [0.15, 0.2) is 53.7 Å². The van der Waals surface area contributed by atoms with E-state index < -0.39 is 6.10 Å². The molecule has 6 nitrogen and oxygen atoms in total. The summed E-state index contributed by atoms with van der Waals surface area (Å²) >= 11 is 1.89. The minimum absolute atomic E-state index is 0.622. The molecule has 3 aromatic rings. The van der Waals surface area contributed by atoms with Crippen molar-refractivity contribution in [2.45, 2.75) is 24.1 Å². The van der Waals surface area contributed by atoms with E-state index in [-0.39, 0.29) is 0 Å². The van der Waals surface area contributed by atoms with Crippen molar-refractivity contribution in [2.75, 3.05) is 18.8 Å². The molecule has 136 valence electrons. The van der Waals surface area contributed by atoms with Crippen LogP contribution in [0, 0.1) is 0 Å². The lowest BCUT2D eigenvalue weighted by molar-refractivity contribution is 0.198. The van der Waals surface area contributed by atoms with E-state index in [4.69, 9.17) is 0 Å². The lowest BCUT2D eigenvalue weighted by atomic mass is 10.2. The van der Waals surface area contributed by atoms with Gasteiger partial charge < -0.3 is 9.67 Å². The molecule has 1 aliphatic rings. The van der Waals surface area contributed by atoms with Crippen LogP contribution in [0.5, 0.6) is 0 Å². The number of rotatable bonds is 6. The van der Waals surface area contributed by atoms with Gasteiger partial charge in [-0.1, -0.05) is 18.2 Å². The van der Waals surface area contributed by atoms with Crippen LogP contribution in [0.4, 0.5) is 0 Å². The van der Waals surface area contributed by atoms with Gasteiger partial charge in [-0.3, -0.25) is 9.58 Å². The Bertz CT molecular complexity index is 860. The Balaban J connectivity index is 1.37. The van der Waals surface area contributed by atoms with Crippen LogP contribution in [0.3, 0.4) is 0 Å². The third-order valence-corrected chi connectivity index (χ3v) is 5.69. The normalized spacial score (nSPS) is 15.8. The second kappa shape index (κ2) is 7.65. The highest BCUT2D eigenvalue weighted by Crippen LogP contribution is 2.23. The van der Waals surface area contributed by atoms with Crippen LogP contribution in [-0.4, -0.2) is 48.2 Å². The Morgan fingerprint density at radius 3 is 2.85 bits per heavy atom. The maximum Gasteiger partial charge on any atom is 0.155 e. The van der Waals surface area contributed by atoms with Gasteiger partial charge in [-0.2, -0.15) is 5.10 Å². The molecule has 0 unspecified atom stereocenters. The summed E-state index contributed by atoms with van der Waals surface area (Å²) in [6.45, 7) is 3.76. The summed E-state index contributed by atoms with van der Waals surface area (Å²) in [5, 5.41) is 15.2. The smallest absolute Gasteiger partial charge is 0.155 e. The predicted octanol–water partition coefficient (Wildman–Crippen LogP) is 2.31. The highest BCUT2D eigenvalue weighted by molar-refractivity contribution is 7.99. The van der Waals surface area contributed by atoms with Gasteiger partial charge in [-0.05, 0) is 18.2 Å². The molecule has 0 saturated carbocycles. The van der Waals surface area contributed by atoms with Crippen molar-refractivity contribution in [3.05, 3.63) is 66.0 Å².